The molecule has 92 valence electrons. The van der Waals surface area contributed by atoms with Gasteiger partial charge in [0.15, 0.2) is 0 Å². The molecule has 0 aliphatic rings. The topological polar surface area (TPSA) is 104 Å². The zero-order valence-electron chi connectivity index (χ0n) is 9.09. The van der Waals surface area contributed by atoms with Crippen LogP contribution in [0.3, 0.4) is 0 Å². The number of anilines is 4. The summed E-state index contributed by atoms with van der Waals surface area (Å²) in [7, 11) is 0. The first-order chi connectivity index (χ1) is 7.58. The van der Waals surface area contributed by atoms with E-state index < -0.39 is 0 Å². The molecule has 0 atom stereocenters. The summed E-state index contributed by atoms with van der Waals surface area (Å²) < 4.78 is 0. The van der Waals surface area contributed by atoms with Crippen LogP contribution in [-0.4, -0.2) is 0 Å². The fourth-order valence-electron chi connectivity index (χ4n) is 1.65. The average molecular weight is 273 g/mol. The molecule has 0 bridgehead atoms. The molecule has 0 fully saturated rings. The third-order valence-corrected chi connectivity index (χ3v) is 2.44. The maximum atomic E-state index is 5.89. The largest absolute Gasteiger partial charge is 0.399 e. The zero-order chi connectivity index (χ0) is 11.7. The predicted octanol–water partition coefficient (Wildman–Crippen LogP) is 1.68. The van der Waals surface area contributed by atoms with E-state index in [0.29, 0.717) is 22.7 Å². The SMILES string of the molecule is Nc1ccc(-c2ccc(N)cc2N)c(N)c1.[Ni]. The second-order valence-corrected chi connectivity index (χ2v) is 3.69. The van der Waals surface area contributed by atoms with E-state index in [4.69, 9.17) is 22.9 Å². The molecule has 4 nitrogen and oxygen atoms in total. The first-order valence-corrected chi connectivity index (χ1v) is 4.88. The second kappa shape index (κ2) is 4.98. The Morgan fingerprint density at radius 2 is 0.941 bits per heavy atom. The Bertz CT molecular complexity index is 491. The summed E-state index contributed by atoms with van der Waals surface area (Å²) in [6.45, 7) is 0. The van der Waals surface area contributed by atoms with Gasteiger partial charge in [-0.05, 0) is 24.3 Å². The fourth-order valence-corrected chi connectivity index (χ4v) is 1.65. The number of hydrogen-bond donors (Lipinski definition) is 4. The number of nitrogens with two attached hydrogens (primary N) is 4. The summed E-state index contributed by atoms with van der Waals surface area (Å²) in [6, 6.07) is 10.7. The van der Waals surface area contributed by atoms with Crippen molar-refractivity contribution in [3.63, 3.8) is 0 Å². The van der Waals surface area contributed by atoms with Gasteiger partial charge in [-0.25, -0.2) is 0 Å². The van der Waals surface area contributed by atoms with Crippen LogP contribution in [0.25, 0.3) is 11.1 Å². The third-order valence-electron chi connectivity index (χ3n) is 2.44. The van der Waals surface area contributed by atoms with Crippen LogP contribution >= 0.6 is 0 Å². The van der Waals surface area contributed by atoms with Gasteiger partial charge in [-0.15, -0.1) is 0 Å². The zero-order valence-corrected chi connectivity index (χ0v) is 10.1. The quantitative estimate of drug-likeness (QED) is 0.468. The van der Waals surface area contributed by atoms with Crippen LogP contribution in [0.4, 0.5) is 22.7 Å². The summed E-state index contributed by atoms with van der Waals surface area (Å²) in [5, 5.41) is 0. The molecule has 0 spiro atoms. The van der Waals surface area contributed by atoms with E-state index in [2.05, 4.69) is 0 Å². The Kier molecular flexibility index (Phi) is 3.86. The van der Waals surface area contributed by atoms with Crippen LogP contribution in [0, 0.1) is 0 Å². The van der Waals surface area contributed by atoms with Crippen LogP contribution in [0.15, 0.2) is 36.4 Å². The van der Waals surface area contributed by atoms with Crippen molar-refractivity contribution >= 4 is 22.7 Å². The maximum Gasteiger partial charge on any atom is 0.0415 e. The molecule has 2 aromatic rings. The van der Waals surface area contributed by atoms with Crippen molar-refractivity contribution in [1.82, 2.24) is 0 Å². The Morgan fingerprint density at radius 3 is 1.24 bits per heavy atom. The van der Waals surface area contributed by atoms with Gasteiger partial charge in [-0.1, -0.05) is 12.1 Å². The summed E-state index contributed by atoms with van der Waals surface area (Å²) in [6.07, 6.45) is 0. The Morgan fingerprint density at radius 1 is 0.588 bits per heavy atom. The standard InChI is InChI=1S/C12H14N4.Ni/c13-7-1-3-9(11(15)5-7)10-4-2-8(14)6-12(10)16;/h1-6H,13-16H2;. The molecule has 0 aliphatic heterocycles. The minimum atomic E-state index is 0. The molecule has 0 radical (unpaired) electrons. The fraction of sp³-hybridized carbons (Fsp3) is 0. The molecule has 8 N–H and O–H groups in total. The van der Waals surface area contributed by atoms with Crippen molar-refractivity contribution in [2.24, 2.45) is 0 Å². The van der Waals surface area contributed by atoms with E-state index in [1.807, 2.05) is 12.1 Å². The smallest absolute Gasteiger partial charge is 0.0415 e. The summed E-state index contributed by atoms with van der Waals surface area (Å²) in [5.74, 6) is 0. The predicted molar refractivity (Wildman–Crippen MR) is 69.5 cm³/mol. The number of nitrogen functional groups attached to an aromatic ring is 4. The normalized spacial score (nSPS) is 9.65. The van der Waals surface area contributed by atoms with Crippen LogP contribution < -0.4 is 22.9 Å². The van der Waals surface area contributed by atoms with Crippen molar-refractivity contribution in [2.45, 2.75) is 0 Å². The molecule has 0 saturated carbocycles. The number of benzene rings is 2. The van der Waals surface area contributed by atoms with Crippen LogP contribution in [0.2, 0.25) is 0 Å². The molecule has 0 heterocycles. The molecular weight excluding hydrogens is 259 g/mol. The molecule has 0 saturated heterocycles. The average Bonchev–Trinajstić information content (AvgIpc) is 2.19. The van der Waals surface area contributed by atoms with E-state index >= 15 is 0 Å². The second-order valence-electron chi connectivity index (χ2n) is 3.69. The van der Waals surface area contributed by atoms with Gasteiger partial charge in [0, 0.05) is 50.4 Å². The maximum absolute atomic E-state index is 5.89. The monoisotopic (exact) mass is 272 g/mol. The summed E-state index contributed by atoms with van der Waals surface area (Å²) in [5.41, 5.74) is 27.3. The van der Waals surface area contributed by atoms with E-state index in [1.54, 1.807) is 24.3 Å². The first kappa shape index (κ1) is 13.2. The van der Waals surface area contributed by atoms with Crippen LogP contribution in [0.5, 0.6) is 0 Å². The Hall–Kier alpha value is -1.87. The van der Waals surface area contributed by atoms with Crippen molar-refractivity contribution in [3.05, 3.63) is 36.4 Å². The molecule has 0 aromatic heterocycles. The van der Waals surface area contributed by atoms with Gasteiger partial charge in [0.05, 0.1) is 0 Å². The van der Waals surface area contributed by atoms with Gasteiger partial charge in [-0.2, -0.15) is 0 Å². The number of hydrogen-bond acceptors (Lipinski definition) is 4. The van der Waals surface area contributed by atoms with E-state index in [0.717, 1.165) is 11.1 Å². The third kappa shape index (κ3) is 2.63. The Balaban J connectivity index is 0.00000144. The molecule has 0 unspecified atom stereocenters. The molecule has 0 aliphatic carbocycles. The van der Waals surface area contributed by atoms with E-state index in [9.17, 15) is 0 Å². The van der Waals surface area contributed by atoms with Gasteiger partial charge in [-0.3, -0.25) is 0 Å². The van der Waals surface area contributed by atoms with Crippen LogP contribution in [0.1, 0.15) is 0 Å². The first-order valence-electron chi connectivity index (χ1n) is 4.88. The van der Waals surface area contributed by atoms with Gasteiger partial charge < -0.3 is 22.9 Å². The van der Waals surface area contributed by atoms with Crippen molar-refractivity contribution in [2.75, 3.05) is 22.9 Å². The van der Waals surface area contributed by atoms with Crippen molar-refractivity contribution in [3.8, 4) is 11.1 Å². The minimum absolute atomic E-state index is 0. The summed E-state index contributed by atoms with van der Waals surface area (Å²) in [4.78, 5) is 0. The van der Waals surface area contributed by atoms with Gasteiger partial charge in [0.2, 0.25) is 0 Å². The van der Waals surface area contributed by atoms with Gasteiger partial charge >= 0.3 is 0 Å². The van der Waals surface area contributed by atoms with Crippen molar-refractivity contribution in [1.29, 1.82) is 0 Å². The number of rotatable bonds is 1. The van der Waals surface area contributed by atoms with Crippen LogP contribution in [-0.2, 0) is 16.5 Å². The van der Waals surface area contributed by atoms with Crippen molar-refractivity contribution < 1.29 is 16.5 Å². The van der Waals surface area contributed by atoms with E-state index in [-0.39, 0.29) is 16.5 Å². The molecule has 2 aromatic carbocycles. The van der Waals surface area contributed by atoms with Gasteiger partial charge in [0.25, 0.3) is 0 Å². The molecule has 17 heavy (non-hydrogen) atoms. The Labute approximate surface area is 110 Å². The summed E-state index contributed by atoms with van der Waals surface area (Å²) >= 11 is 0. The van der Waals surface area contributed by atoms with E-state index in [1.165, 1.54) is 0 Å². The molecule has 0 amide bonds. The molecular formula is C12H14N4Ni. The molecule has 2 rings (SSSR count). The molecule has 5 heteroatoms. The van der Waals surface area contributed by atoms with Gasteiger partial charge in [0.1, 0.15) is 0 Å². The minimum Gasteiger partial charge on any atom is -0.399 e.